The molecule has 0 aliphatic heterocycles. The quantitative estimate of drug-likeness (QED) is 0.669. The smallest absolute Gasteiger partial charge is 0.317 e. The van der Waals surface area contributed by atoms with Gasteiger partial charge >= 0.3 is 6.03 Å². The van der Waals surface area contributed by atoms with Crippen LogP contribution in [0.2, 0.25) is 0 Å². The molecule has 2 N–H and O–H groups in total. The molecule has 0 saturated heterocycles. The van der Waals surface area contributed by atoms with E-state index >= 15 is 0 Å². The average molecular weight is 370 g/mol. The van der Waals surface area contributed by atoms with Crippen LogP contribution in [0.15, 0.2) is 30.5 Å². The summed E-state index contributed by atoms with van der Waals surface area (Å²) in [4.78, 5) is 17.9. The second-order valence-corrected chi connectivity index (χ2v) is 7.97. The number of benzene rings is 1. The van der Waals surface area contributed by atoms with Crippen molar-refractivity contribution in [2.75, 3.05) is 13.2 Å². The van der Waals surface area contributed by atoms with Gasteiger partial charge in [0.1, 0.15) is 0 Å². The lowest BCUT2D eigenvalue weighted by molar-refractivity contribution is 0.0274. The van der Waals surface area contributed by atoms with Crippen LogP contribution in [0.3, 0.4) is 0 Å². The molecule has 2 fully saturated rings. The summed E-state index contributed by atoms with van der Waals surface area (Å²) in [6.45, 7) is 2.11. The number of hydrogen-bond donors (Lipinski definition) is 2. The summed E-state index contributed by atoms with van der Waals surface area (Å²) in [6.07, 6.45) is 11.9. The van der Waals surface area contributed by atoms with Gasteiger partial charge in [0, 0.05) is 37.5 Å². The molecule has 2 saturated carbocycles. The van der Waals surface area contributed by atoms with Gasteiger partial charge in [0.2, 0.25) is 0 Å². The fourth-order valence-electron chi connectivity index (χ4n) is 4.00. The number of nitrogens with zero attached hydrogens (tertiary/aromatic N) is 1. The summed E-state index contributed by atoms with van der Waals surface area (Å²) < 4.78 is 5.95. The molecular weight excluding hydrogens is 338 g/mol. The van der Waals surface area contributed by atoms with Crippen LogP contribution in [-0.4, -0.2) is 41.2 Å². The van der Waals surface area contributed by atoms with Crippen LogP contribution in [0.25, 0.3) is 10.9 Å². The predicted octanol–water partition coefficient (Wildman–Crippen LogP) is 4.58. The van der Waals surface area contributed by atoms with Crippen molar-refractivity contribution in [1.82, 2.24) is 15.2 Å². The zero-order valence-electron chi connectivity index (χ0n) is 16.1. The normalized spacial score (nSPS) is 17.9. The minimum atomic E-state index is 0.0596. The van der Waals surface area contributed by atoms with Crippen molar-refractivity contribution in [3.63, 3.8) is 0 Å². The lowest BCUT2D eigenvalue weighted by Gasteiger charge is -2.24. The van der Waals surface area contributed by atoms with Crippen molar-refractivity contribution >= 4 is 16.9 Å². The van der Waals surface area contributed by atoms with Crippen LogP contribution in [0.4, 0.5) is 4.79 Å². The molecule has 0 bridgehead atoms. The van der Waals surface area contributed by atoms with Gasteiger partial charge in [-0.05, 0) is 61.3 Å². The summed E-state index contributed by atoms with van der Waals surface area (Å²) in [5.74, 6) is 0. The molecule has 2 amide bonds. The van der Waals surface area contributed by atoms with E-state index in [-0.39, 0.29) is 6.03 Å². The van der Waals surface area contributed by atoms with Crippen LogP contribution >= 0.6 is 0 Å². The van der Waals surface area contributed by atoms with E-state index in [2.05, 4.69) is 34.6 Å². The molecule has 146 valence electrons. The Kier molecular flexibility index (Phi) is 5.97. The van der Waals surface area contributed by atoms with E-state index in [9.17, 15) is 4.79 Å². The number of nitrogens with one attached hydrogen (secondary N) is 2. The summed E-state index contributed by atoms with van der Waals surface area (Å²) in [5, 5.41) is 4.29. The summed E-state index contributed by atoms with van der Waals surface area (Å²) in [6, 6.07) is 8.91. The number of hydrogen-bond acceptors (Lipinski definition) is 2. The number of H-pyrrole nitrogens is 1. The van der Waals surface area contributed by atoms with Gasteiger partial charge in [0.05, 0.1) is 6.10 Å². The predicted molar refractivity (Wildman–Crippen MR) is 108 cm³/mol. The number of rotatable bonds is 8. The molecule has 0 unspecified atom stereocenters. The molecule has 27 heavy (non-hydrogen) atoms. The van der Waals surface area contributed by atoms with Crippen molar-refractivity contribution in [2.24, 2.45) is 0 Å². The number of carbonyl (C=O) groups is 1. The molecule has 1 aromatic carbocycles. The van der Waals surface area contributed by atoms with Crippen molar-refractivity contribution in [3.05, 3.63) is 36.0 Å². The molecule has 0 atom stereocenters. The van der Waals surface area contributed by atoms with Crippen molar-refractivity contribution < 1.29 is 9.53 Å². The van der Waals surface area contributed by atoms with Crippen LogP contribution in [0.5, 0.6) is 0 Å². The fraction of sp³-hybridized carbons (Fsp3) is 0.591. The second-order valence-electron chi connectivity index (χ2n) is 7.97. The zero-order chi connectivity index (χ0) is 18.5. The number of carbonyl (C=O) groups excluding carboxylic acids is 1. The average Bonchev–Trinajstić information content (AvgIpc) is 3.43. The van der Waals surface area contributed by atoms with Gasteiger partial charge in [-0.3, -0.25) is 0 Å². The van der Waals surface area contributed by atoms with Gasteiger partial charge in [-0.25, -0.2) is 4.79 Å². The van der Waals surface area contributed by atoms with Gasteiger partial charge in [-0.1, -0.05) is 25.3 Å². The molecular formula is C22H31N3O2. The van der Waals surface area contributed by atoms with E-state index in [1.807, 2.05) is 11.1 Å². The third-order valence-corrected chi connectivity index (χ3v) is 5.72. The van der Waals surface area contributed by atoms with Crippen molar-refractivity contribution in [3.8, 4) is 0 Å². The Hall–Kier alpha value is -2.01. The van der Waals surface area contributed by atoms with Gasteiger partial charge < -0.3 is 19.9 Å². The summed E-state index contributed by atoms with van der Waals surface area (Å²) >= 11 is 0. The zero-order valence-corrected chi connectivity index (χ0v) is 16.1. The van der Waals surface area contributed by atoms with Gasteiger partial charge in [0.25, 0.3) is 0 Å². The fourth-order valence-corrected chi connectivity index (χ4v) is 4.00. The third kappa shape index (κ3) is 5.04. The molecule has 5 heteroatoms. The molecule has 2 aliphatic carbocycles. The standard InChI is InChI=1S/C22H31N3O2/c26-22(24-12-4-14-27-20-5-2-1-3-6-20)25(19-8-9-19)16-17-7-10-21-18(15-17)11-13-23-21/h7,10-11,13,15,19-20,23H,1-6,8-9,12,14,16H2,(H,24,26). The van der Waals surface area contributed by atoms with Crippen LogP contribution < -0.4 is 5.32 Å². The van der Waals surface area contributed by atoms with E-state index in [4.69, 9.17) is 4.74 Å². The van der Waals surface area contributed by atoms with Crippen LogP contribution in [0, 0.1) is 0 Å². The Balaban J connectivity index is 1.22. The SMILES string of the molecule is O=C(NCCCOC1CCCCC1)N(Cc1ccc2[nH]ccc2c1)C1CC1. The van der Waals surface area contributed by atoms with Crippen molar-refractivity contribution in [2.45, 2.75) is 70.1 Å². The number of amides is 2. The number of aromatic amines is 1. The van der Waals surface area contributed by atoms with Gasteiger partial charge in [-0.15, -0.1) is 0 Å². The molecule has 0 radical (unpaired) electrons. The third-order valence-electron chi connectivity index (χ3n) is 5.72. The monoisotopic (exact) mass is 369 g/mol. The first-order chi connectivity index (χ1) is 13.3. The first-order valence-electron chi connectivity index (χ1n) is 10.5. The number of ether oxygens (including phenoxy) is 1. The highest BCUT2D eigenvalue weighted by atomic mass is 16.5. The highest BCUT2D eigenvalue weighted by Crippen LogP contribution is 2.29. The van der Waals surface area contributed by atoms with E-state index in [0.717, 1.165) is 31.4 Å². The molecule has 1 aromatic heterocycles. The number of fused-ring (bicyclic) bond motifs is 1. The molecule has 1 heterocycles. The molecule has 5 nitrogen and oxygen atoms in total. The van der Waals surface area contributed by atoms with E-state index in [0.29, 0.717) is 25.2 Å². The Morgan fingerprint density at radius 2 is 2.00 bits per heavy atom. The highest BCUT2D eigenvalue weighted by molar-refractivity contribution is 5.80. The minimum Gasteiger partial charge on any atom is -0.378 e. The number of aromatic nitrogens is 1. The van der Waals surface area contributed by atoms with E-state index < -0.39 is 0 Å². The molecule has 4 rings (SSSR count). The van der Waals surface area contributed by atoms with E-state index in [1.165, 1.54) is 43.1 Å². The maximum Gasteiger partial charge on any atom is 0.317 e. The summed E-state index contributed by atoms with van der Waals surface area (Å²) in [7, 11) is 0. The minimum absolute atomic E-state index is 0.0596. The van der Waals surface area contributed by atoms with Gasteiger partial charge in [-0.2, -0.15) is 0 Å². The van der Waals surface area contributed by atoms with Crippen LogP contribution in [0.1, 0.15) is 56.9 Å². The Labute approximate surface area is 161 Å². The highest BCUT2D eigenvalue weighted by Gasteiger charge is 2.32. The maximum atomic E-state index is 12.7. The van der Waals surface area contributed by atoms with Gasteiger partial charge in [0.15, 0.2) is 0 Å². The largest absolute Gasteiger partial charge is 0.378 e. The lowest BCUT2D eigenvalue weighted by Crippen LogP contribution is -2.41. The van der Waals surface area contributed by atoms with Crippen molar-refractivity contribution in [1.29, 1.82) is 0 Å². The Bertz CT molecular complexity index is 747. The molecule has 0 spiro atoms. The lowest BCUT2D eigenvalue weighted by atomic mass is 9.98. The molecule has 2 aromatic rings. The first-order valence-corrected chi connectivity index (χ1v) is 10.5. The van der Waals surface area contributed by atoms with E-state index in [1.54, 1.807) is 0 Å². The summed E-state index contributed by atoms with van der Waals surface area (Å²) in [5.41, 5.74) is 2.32. The molecule has 2 aliphatic rings. The Morgan fingerprint density at radius 1 is 1.15 bits per heavy atom. The topological polar surface area (TPSA) is 57.4 Å². The first kappa shape index (κ1) is 18.4. The van der Waals surface area contributed by atoms with Crippen LogP contribution in [-0.2, 0) is 11.3 Å². The maximum absolute atomic E-state index is 12.7. The Morgan fingerprint density at radius 3 is 2.81 bits per heavy atom. The number of urea groups is 1. The second kappa shape index (κ2) is 8.79.